The monoisotopic (exact) mass is 324 g/mol. The van der Waals surface area contributed by atoms with Gasteiger partial charge in [-0.25, -0.2) is 9.36 Å². The molecule has 0 radical (unpaired) electrons. The zero-order valence-corrected chi connectivity index (χ0v) is 14.1. The summed E-state index contributed by atoms with van der Waals surface area (Å²) in [5.41, 5.74) is 4.00. The number of amides is 1. The molecule has 0 bridgehead atoms. The molecule has 2 aromatic rings. The molecule has 0 aromatic carbocycles. The van der Waals surface area contributed by atoms with Crippen molar-refractivity contribution < 1.29 is 4.79 Å². The van der Waals surface area contributed by atoms with Crippen LogP contribution in [0.5, 0.6) is 0 Å². The third-order valence-electron chi connectivity index (χ3n) is 3.56. The van der Waals surface area contributed by atoms with Crippen LogP contribution in [-0.2, 0) is 10.3 Å². The normalized spacial score (nSPS) is 12.1. The molecule has 0 unspecified atom stereocenters. The lowest BCUT2D eigenvalue weighted by Gasteiger charge is -2.26. The Hall–Kier alpha value is -2.09. The number of carbonyl (C=O) groups excluding carboxylic acids is 1. The van der Waals surface area contributed by atoms with Gasteiger partial charge >= 0.3 is 5.69 Å². The van der Waals surface area contributed by atoms with E-state index in [9.17, 15) is 14.4 Å². The number of hydrogen-bond donors (Lipinski definition) is 3. The van der Waals surface area contributed by atoms with Crippen molar-refractivity contribution >= 4 is 32.5 Å². The molecular weight excluding hydrogens is 304 g/mol. The smallest absolute Gasteiger partial charge is 0.330 e. The number of hydrogen-bond acceptors (Lipinski definition) is 5. The Balaban J connectivity index is 2.75. The highest BCUT2D eigenvalue weighted by atomic mass is 32.1. The number of carbonyl (C=O) groups is 1. The van der Waals surface area contributed by atoms with Crippen molar-refractivity contribution in [3.8, 4) is 0 Å². The summed E-state index contributed by atoms with van der Waals surface area (Å²) in [6, 6.07) is -0.0937. The van der Waals surface area contributed by atoms with E-state index in [2.05, 4.69) is 10.3 Å². The highest BCUT2D eigenvalue weighted by Crippen LogP contribution is 2.28. The fourth-order valence-corrected chi connectivity index (χ4v) is 3.24. The number of nitrogens with one attached hydrogen (secondary N) is 2. The summed E-state index contributed by atoms with van der Waals surface area (Å²) in [4.78, 5) is 40.5. The Morgan fingerprint density at radius 1 is 1.36 bits per heavy atom. The summed E-state index contributed by atoms with van der Waals surface area (Å²) in [6.07, 6.45) is 0. The minimum Gasteiger partial charge on any atom is -0.390 e. The molecule has 0 fully saturated rings. The van der Waals surface area contributed by atoms with Gasteiger partial charge in [0.1, 0.15) is 10.4 Å². The molecule has 0 aliphatic heterocycles. The minimum atomic E-state index is -1.31. The van der Waals surface area contributed by atoms with Crippen LogP contribution in [0, 0.1) is 6.92 Å². The summed E-state index contributed by atoms with van der Waals surface area (Å²) in [5.74, 6) is -0.393. The third kappa shape index (κ3) is 2.43. The molecule has 120 valence electrons. The summed E-state index contributed by atoms with van der Waals surface area (Å²) in [5, 5.41) is 3.56. The lowest BCUT2D eigenvalue weighted by atomic mass is 10.0. The van der Waals surface area contributed by atoms with Gasteiger partial charge in [0.05, 0.1) is 10.4 Å². The van der Waals surface area contributed by atoms with Crippen molar-refractivity contribution in [2.75, 3.05) is 5.73 Å². The van der Waals surface area contributed by atoms with Crippen molar-refractivity contribution in [3.05, 3.63) is 26.4 Å². The third-order valence-corrected chi connectivity index (χ3v) is 4.60. The van der Waals surface area contributed by atoms with Gasteiger partial charge in [-0.05, 0) is 40.2 Å². The number of fused-ring (bicyclic) bond motifs is 1. The average Bonchev–Trinajstić information content (AvgIpc) is 2.63. The first-order chi connectivity index (χ1) is 10.1. The quantitative estimate of drug-likeness (QED) is 0.779. The van der Waals surface area contributed by atoms with Crippen molar-refractivity contribution in [3.63, 3.8) is 0 Å². The molecule has 1 amide bonds. The molecule has 2 aromatic heterocycles. The number of H-pyrrole nitrogens is 1. The first-order valence-corrected chi connectivity index (χ1v) is 7.74. The second-order valence-corrected chi connectivity index (χ2v) is 7.11. The van der Waals surface area contributed by atoms with Crippen molar-refractivity contribution in [2.45, 2.75) is 46.2 Å². The van der Waals surface area contributed by atoms with Crippen LogP contribution in [0.25, 0.3) is 10.2 Å². The number of thiophene rings is 1. The second kappa shape index (κ2) is 5.28. The van der Waals surface area contributed by atoms with Gasteiger partial charge in [-0.1, -0.05) is 11.3 Å². The minimum absolute atomic E-state index is 0.0937. The van der Waals surface area contributed by atoms with Crippen molar-refractivity contribution in [2.24, 2.45) is 0 Å². The topological polar surface area (TPSA) is 110 Å². The number of aryl methyl sites for hydroxylation is 1. The molecule has 4 N–H and O–H groups in total. The molecule has 2 heterocycles. The van der Waals surface area contributed by atoms with Gasteiger partial charge < -0.3 is 11.1 Å². The van der Waals surface area contributed by atoms with Crippen LogP contribution in [0.15, 0.2) is 9.59 Å². The fourth-order valence-electron chi connectivity index (χ4n) is 2.28. The number of nitrogen functional groups attached to an aromatic ring is 1. The van der Waals surface area contributed by atoms with Crippen molar-refractivity contribution in [1.29, 1.82) is 0 Å². The molecule has 0 spiro atoms. The van der Waals surface area contributed by atoms with Gasteiger partial charge in [0.15, 0.2) is 0 Å². The summed E-state index contributed by atoms with van der Waals surface area (Å²) < 4.78 is 0.951. The van der Waals surface area contributed by atoms with Crippen LogP contribution in [0.4, 0.5) is 5.00 Å². The van der Waals surface area contributed by atoms with Crippen LogP contribution in [0.1, 0.15) is 33.3 Å². The van der Waals surface area contributed by atoms with E-state index in [4.69, 9.17) is 5.73 Å². The van der Waals surface area contributed by atoms with E-state index < -0.39 is 22.7 Å². The number of aromatic nitrogens is 2. The Kier molecular flexibility index (Phi) is 3.90. The molecule has 0 aliphatic rings. The molecule has 8 heteroatoms. The highest BCUT2D eigenvalue weighted by molar-refractivity contribution is 7.22. The van der Waals surface area contributed by atoms with E-state index >= 15 is 0 Å². The van der Waals surface area contributed by atoms with Gasteiger partial charge in [0.2, 0.25) is 5.91 Å². The lowest BCUT2D eigenvalue weighted by molar-refractivity contribution is -0.129. The van der Waals surface area contributed by atoms with E-state index in [1.54, 1.807) is 6.92 Å². The molecule has 0 saturated heterocycles. The molecule has 0 saturated carbocycles. The van der Waals surface area contributed by atoms with E-state index in [-0.39, 0.29) is 6.04 Å². The predicted octanol–water partition coefficient (Wildman–Crippen LogP) is 0.902. The van der Waals surface area contributed by atoms with Crippen LogP contribution < -0.4 is 22.3 Å². The number of anilines is 1. The molecule has 22 heavy (non-hydrogen) atoms. The van der Waals surface area contributed by atoms with Gasteiger partial charge in [-0.3, -0.25) is 14.6 Å². The SMILES string of the molecule is Cc1c(N)sc2[nH]c(=O)n(C(C)(C)C(=O)NC(C)C)c(=O)c12. The summed E-state index contributed by atoms with van der Waals surface area (Å²) >= 11 is 1.15. The average molecular weight is 324 g/mol. The van der Waals surface area contributed by atoms with E-state index in [1.807, 2.05) is 13.8 Å². The van der Waals surface area contributed by atoms with E-state index in [0.29, 0.717) is 20.8 Å². The zero-order valence-electron chi connectivity index (χ0n) is 13.2. The van der Waals surface area contributed by atoms with Crippen LogP contribution in [0.2, 0.25) is 0 Å². The van der Waals surface area contributed by atoms with Crippen LogP contribution in [0.3, 0.4) is 0 Å². The zero-order chi connectivity index (χ0) is 16.8. The Morgan fingerprint density at radius 2 is 1.95 bits per heavy atom. The maximum atomic E-state index is 12.7. The number of nitrogens with two attached hydrogens (primary N) is 1. The highest BCUT2D eigenvalue weighted by Gasteiger charge is 2.34. The van der Waals surface area contributed by atoms with Crippen molar-refractivity contribution in [1.82, 2.24) is 14.9 Å². The molecule has 7 nitrogen and oxygen atoms in total. The maximum absolute atomic E-state index is 12.7. The first-order valence-electron chi connectivity index (χ1n) is 6.92. The number of rotatable bonds is 3. The van der Waals surface area contributed by atoms with Crippen LogP contribution in [-0.4, -0.2) is 21.5 Å². The van der Waals surface area contributed by atoms with Gasteiger partial charge in [0, 0.05) is 6.04 Å². The maximum Gasteiger partial charge on any atom is 0.330 e. The Labute approximate surface area is 131 Å². The summed E-state index contributed by atoms with van der Waals surface area (Å²) in [6.45, 7) is 8.43. The van der Waals surface area contributed by atoms with Crippen LogP contribution >= 0.6 is 11.3 Å². The van der Waals surface area contributed by atoms with Gasteiger partial charge in [-0.2, -0.15) is 0 Å². The second-order valence-electron chi connectivity index (χ2n) is 6.05. The lowest BCUT2D eigenvalue weighted by Crippen LogP contribution is -2.55. The molecule has 2 rings (SSSR count). The Morgan fingerprint density at radius 3 is 2.50 bits per heavy atom. The largest absolute Gasteiger partial charge is 0.390 e. The first kappa shape index (κ1) is 16.3. The number of nitrogens with zero attached hydrogens (tertiary/aromatic N) is 1. The molecule has 0 atom stereocenters. The predicted molar refractivity (Wildman–Crippen MR) is 88.5 cm³/mol. The Bertz CT molecular complexity index is 857. The van der Waals surface area contributed by atoms with E-state index in [0.717, 1.165) is 15.9 Å². The molecular formula is C14H20N4O3S. The summed E-state index contributed by atoms with van der Waals surface area (Å²) in [7, 11) is 0. The standard InChI is InChI=1S/C14H20N4O3S/c1-6(2)16-12(20)14(4,5)18-11(19)8-7(3)9(15)22-10(8)17-13(18)21/h6H,15H2,1-5H3,(H,16,20)(H,17,21). The number of aromatic amines is 1. The van der Waals surface area contributed by atoms with E-state index in [1.165, 1.54) is 13.8 Å². The fraction of sp³-hybridized carbons (Fsp3) is 0.500. The van der Waals surface area contributed by atoms with Gasteiger partial charge in [0.25, 0.3) is 5.56 Å². The molecule has 0 aliphatic carbocycles. The van der Waals surface area contributed by atoms with Gasteiger partial charge in [-0.15, -0.1) is 0 Å².